The lowest BCUT2D eigenvalue weighted by Crippen LogP contribution is -2.42. The molecule has 4 N–H and O–H groups in total. The van der Waals surface area contributed by atoms with Crippen LogP contribution in [0.2, 0.25) is 0 Å². The minimum atomic E-state index is -0.922. The van der Waals surface area contributed by atoms with Gasteiger partial charge in [-0.25, -0.2) is 4.39 Å². The SMILES string of the molecule is Cc1cc(F)cc2c1NCCC2(C)C(=O)n1nc2c(c1N)CCC(O)C2. The van der Waals surface area contributed by atoms with E-state index in [1.807, 2.05) is 13.8 Å². The van der Waals surface area contributed by atoms with Gasteiger partial charge < -0.3 is 16.2 Å². The van der Waals surface area contributed by atoms with Crippen LogP contribution in [-0.4, -0.2) is 33.4 Å². The van der Waals surface area contributed by atoms with Crippen molar-refractivity contribution in [1.29, 1.82) is 0 Å². The quantitative estimate of drug-likeness (QED) is 0.726. The number of aliphatic hydroxyl groups is 1. The smallest absolute Gasteiger partial charge is 0.259 e. The number of aliphatic hydroxyl groups excluding tert-OH is 1. The number of rotatable bonds is 1. The molecule has 138 valence electrons. The molecule has 0 saturated heterocycles. The number of benzene rings is 1. The number of carbonyl (C=O) groups is 1. The van der Waals surface area contributed by atoms with E-state index in [4.69, 9.17) is 5.73 Å². The normalized spacial score (nSPS) is 24.5. The van der Waals surface area contributed by atoms with E-state index in [0.29, 0.717) is 49.3 Å². The Labute approximate surface area is 151 Å². The zero-order valence-electron chi connectivity index (χ0n) is 15.0. The van der Waals surface area contributed by atoms with Crippen molar-refractivity contribution >= 4 is 17.4 Å². The molecule has 0 amide bonds. The standard InChI is InChI=1S/C19H23FN4O2/c1-10-7-11(20)8-14-16(10)22-6-5-19(14,2)18(26)24-17(21)13-4-3-12(25)9-15(13)23-24/h7-8,12,22,25H,3-6,9,21H2,1-2H3. The van der Waals surface area contributed by atoms with Crippen molar-refractivity contribution < 1.29 is 14.3 Å². The third-order valence-corrected chi connectivity index (χ3v) is 5.75. The molecule has 1 aliphatic heterocycles. The molecule has 2 atom stereocenters. The largest absolute Gasteiger partial charge is 0.393 e. The first-order valence-electron chi connectivity index (χ1n) is 8.95. The van der Waals surface area contributed by atoms with Crippen LogP contribution in [0, 0.1) is 12.7 Å². The number of nitrogens with two attached hydrogens (primary N) is 1. The van der Waals surface area contributed by atoms with E-state index in [1.54, 1.807) is 0 Å². The fourth-order valence-corrected chi connectivity index (χ4v) is 4.18. The van der Waals surface area contributed by atoms with Crippen LogP contribution >= 0.6 is 0 Å². The van der Waals surface area contributed by atoms with Crippen molar-refractivity contribution in [3.63, 3.8) is 0 Å². The van der Waals surface area contributed by atoms with Crippen molar-refractivity contribution in [2.24, 2.45) is 0 Å². The number of aromatic nitrogens is 2. The molecule has 0 bridgehead atoms. The Hall–Kier alpha value is -2.41. The highest BCUT2D eigenvalue weighted by Crippen LogP contribution is 2.41. The van der Waals surface area contributed by atoms with Gasteiger partial charge in [0, 0.05) is 24.2 Å². The van der Waals surface area contributed by atoms with Gasteiger partial charge in [-0.1, -0.05) is 0 Å². The summed E-state index contributed by atoms with van der Waals surface area (Å²) in [7, 11) is 0. The molecule has 26 heavy (non-hydrogen) atoms. The molecule has 7 heteroatoms. The first-order valence-corrected chi connectivity index (χ1v) is 8.95. The highest BCUT2D eigenvalue weighted by atomic mass is 19.1. The van der Waals surface area contributed by atoms with Crippen LogP contribution in [0.5, 0.6) is 0 Å². The Morgan fingerprint density at radius 2 is 2.27 bits per heavy atom. The van der Waals surface area contributed by atoms with Crippen molar-refractivity contribution in [1.82, 2.24) is 9.78 Å². The van der Waals surface area contributed by atoms with Gasteiger partial charge in [0.1, 0.15) is 11.6 Å². The van der Waals surface area contributed by atoms with E-state index >= 15 is 0 Å². The number of hydrogen-bond donors (Lipinski definition) is 3. The Kier molecular flexibility index (Phi) is 3.80. The Morgan fingerprint density at radius 3 is 3.04 bits per heavy atom. The maximum absolute atomic E-state index is 14.1. The van der Waals surface area contributed by atoms with E-state index in [1.165, 1.54) is 16.8 Å². The molecule has 6 nitrogen and oxygen atoms in total. The molecule has 0 spiro atoms. The number of anilines is 2. The van der Waals surface area contributed by atoms with Crippen molar-refractivity contribution in [2.75, 3.05) is 17.6 Å². The second-order valence-electron chi connectivity index (χ2n) is 7.58. The van der Waals surface area contributed by atoms with E-state index in [9.17, 15) is 14.3 Å². The first kappa shape index (κ1) is 17.0. The summed E-state index contributed by atoms with van der Waals surface area (Å²) in [5.41, 5.74) is 9.05. The number of aryl methyl sites for hydroxylation is 1. The molecule has 0 fully saturated rings. The lowest BCUT2D eigenvalue weighted by atomic mass is 9.75. The van der Waals surface area contributed by atoms with Crippen LogP contribution in [0.3, 0.4) is 0 Å². The third-order valence-electron chi connectivity index (χ3n) is 5.75. The Bertz CT molecular complexity index is 907. The van der Waals surface area contributed by atoms with Crippen LogP contribution in [0.25, 0.3) is 0 Å². The number of nitrogen functional groups attached to an aromatic ring is 1. The van der Waals surface area contributed by atoms with Gasteiger partial charge in [0.05, 0.1) is 17.2 Å². The van der Waals surface area contributed by atoms with Crippen LogP contribution in [0.1, 0.15) is 46.9 Å². The number of halogens is 1. The van der Waals surface area contributed by atoms with Crippen LogP contribution in [0.15, 0.2) is 12.1 Å². The van der Waals surface area contributed by atoms with Gasteiger partial charge in [0.25, 0.3) is 5.91 Å². The summed E-state index contributed by atoms with van der Waals surface area (Å²) in [5.74, 6) is -0.280. The summed E-state index contributed by atoms with van der Waals surface area (Å²) in [5, 5.41) is 17.5. The van der Waals surface area contributed by atoms with Crippen molar-refractivity contribution in [3.05, 3.63) is 40.3 Å². The minimum absolute atomic E-state index is 0.258. The zero-order valence-corrected chi connectivity index (χ0v) is 15.0. The predicted octanol–water partition coefficient (Wildman–Crippen LogP) is 2.18. The molecule has 0 saturated carbocycles. The molecular weight excluding hydrogens is 335 g/mol. The van der Waals surface area contributed by atoms with Crippen LogP contribution < -0.4 is 11.1 Å². The molecule has 4 rings (SSSR count). The van der Waals surface area contributed by atoms with Gasteiger partial charge >= 0.3 is 0 Å². The first-order chi connectivity index (χ1) is 12.3. The Morgan fingerprint density at radius 1 is 1.50 bits per heavy atom. The van der Waals surface area contributed by atoms with E-state index in [-0.39, 0.29) is 11.7 Å². The third kappa shape index (κ3) is 2.41. The summed E-state index contributed by atoms with van der Waals surface area (Å²) in [6.45, 7) is 4.26. The monoisotopic (exact) mass is 358 g/mol. The summed E-state index contributed by atoms with van der Waals surface area (Å²) in [6, 6.07) is 2.89. The average molecular weight is 358 g/mol. The fourth-order valence-electron chi connectivity index (χ4n) is 4.18. The Balaban J connectivity index is 1.81. The van der Waals surface area contributed by atoms with Gasteiger partial charge in [0.15, 0.2) is 0 Å². The number of nitrogens with one attached hydrogen (secondary N) is 1. The highest BCUT2D eigenvalue weighted by molar-refractivity contribution is 5.94. The lowest BCUT2D eigenvalue weighted by molar-refractivity contribution is 0.0784. The minimum Gasteiger partial charge on any atom is -0.393 e. The van der Waals surface area contributed by atoms with Crippen LogP contribution in [0.4, 0.5) is 15.9 Å². The molecule has 2 unspecified atom stereocenters. The van der Waals surface area contributed by atoms with Gasteiger partial charge in [-0.15, -0.1) is 0 Å². The van der Waals surface area contributed by atoms with Crippen molar-refractivity contribution in [2.45, 2.75) is 51.0 Å². The van der Waals surface area contributed by atoms with E-state index in [2.05, 4.69) is 10.4 Å². The molecular formula is C19H23FN4O2. The number of carbonyl (C=O) groups excluding carboxylic acids is 1. The zero-order chi connectivity index (χ0) is 18.6. The fraction of sp³-hybridized carbons (Fsp3) is 0.474. The van der Waals surface area contributed by atoms with Gasteiger partial charge in [-0.05, 0) is 56.4 Å². The predicted molar refractivity (Wildman–Crippen MR) is 96.9 cm³/mol. The number of hydrogen-bond acceptors (Lipinski definition) is 5. The number of fused-ring (bicyclic) bond motifs is 2. The molecule has 0 radical (unpaired) electrons. The van der Waals surface area contributed by atoms with Gasteiger partial charge in [-0.3, -0.25) is 4.79 Å². The van der Waals surface area contributed by atoms with Gasteiger partial charge in [0.2, 0.25) is 0 Å². The number of nitrogens with zero attached hydrogens (tertiary/aromatic N) is 2. The lowest BCUT2D eigenvalue weighted by Gasteiger charge is -2.35. The molecule has 1 aromatic carbocycles. The molecule has 2 aliphatic rings. The van der Waals surface area contributed by atoms with E-state index in [0.717, 1.165) is 16.8 Å². The van der Waals surface area contributed by atoms with E-state index < -0.39 is 11.5 Å². The highest BCUT2D eigenvalue weighted by Gasteiger charge is 2.42. The maximum Gasteiger partial charge on any atom is 0.259 e. The molecule has 2 aromatic rings. The molecule has 2 heterocycles. The second kappa shape index (κ2) is 5.81. The summed E-state index contributed by atoms with van der Waals surface area (Å²) in [6.07, 6.45) is 1.70. The van der Waals surface area contributed by atoms with Gasteiger partial charge in [-0.2, -0.15) is 9.78 Å². The topological polar surface area (TPSA) is 93.2 Å². The van der Waals surface area contributed by atoms with Crippen LogP contribution in [-0.2, 0) is 18.3 Å². The van der Waals surface area contributed by atoms with Crippen molar-refractivity contribution in [3.8, 4) is 0 Å². The molecule has 1 aromatic heterocycles. The second-order valence-corrected chi connectivity index (χ2v) is 7.58. The molecule has 1 aliphatic carbocycles. The summed E-state index contributed by atoms with van der Waals surface area (Å²) >= 11 is 0. The summed E-state index contributed by atoms with van der Waals surface area (Å²) < 4.78 is 15.3. The summed E-state index contributed by atoms with van der Waals surface area (Å²) in [4.78, 5) is 13.4. The average Bonchev–Trinajstić information content (AvgIpc) is 2.91. The maximum atomic E-state index is 14.1.